The molecule has 1 heterocycles. The van der Waals surface area contributed by atoms with Gasteiger partial charge in [0.25, 0.3) is 0 Å². The van der Waals surface area contributed by atoms with Gasteiger partial charge in [-0.15, -0.1) is 0 Å². The van der Waals surface area contributed by atoms with E-state index < -0.39 is 11.9 Å². The average molecular weight is 416 g/mol. The van der Waals surface area contributed by atoms with Crippen LogP contribution in [0.15, 0.2) is 78.9 Å². The molecular weight excluding hydrogens is 392 g/mol. The molecule has 0 amide bonds. The van der Waals surface area contributed by atoms with Crippen LogP contribution in [0.3, 0.4) is 0 Å². The normalized spacial score (nSPS) is 10.6. The molecule has 0 atom stereocenters. The van der Waals surface area contributed by atoms with Gasteiger partial charge in [0.05, 0.1) is 14.2 Å². The summed E-state index contributed by atoms with van der Waals surface area (Å²) in [6, 6.07) is 23.7. The molecule has 0 saturated heterocycles. The Balaban J connectivity index is 1.99. The van der Waals surface area contributed by atoms with Crippen molar-refractivity contribution < 1.29 is 19.1 Å². The first-order valence-electron chi connectivity index (χ1n) is 9.79. The minimum absolute atomic E-state index is 0.131. The molecule has 2 aromatic carbocycles. The zero-order valence-electron chi connectivity index (χ0n) is 17.5. The first kappa shape index (κ1) is 21.8. The van der Waals surface area contributed by atoms with E-state index in [0.717, 1.165) is 11.1 Å². The van der Waals surface area contributed by atoms with Crippen molar-refractivity contribution in [2.45, 2.75) is 13.1 Å². The zero-order chi connectivity index (χ0) is 22.1. The third-order valence-corrected chi connectivity index (χ3v) is 4.65. The molecule has 31 heavy (non-hydrogen) atoms. The molecule has 0 aliphatic heterocycles. The van der Waals surface area contributed by atoms with E-state index >= 15 is 0 Å². The number of pyridine rings is 1. The lowest BCUT2D eigenvalue weighted by atomic mass is 10.1. The van der Waals surface area contributed by atoms with Crippen LogP contribution in [0.2, 0.25) is 0 Å². The second-order valence-corrected chi connectivity index (χ2v) is 6.78. The first-order valence-corrected chi connectivity index (χ1v) is 9.79. The van der Waals surface area contributed by atoms with Gasteiger partial charge in [-0.25, -0.2) is 14.6 Å². The molecule has 3 rings (SSSR count). The standard InChI is InChI=1S/C25H24N2O4/c1-30-23(28)16-14-21-13-15-22(26-24(21)25(29)31-2)27(17-19-9-5-3-6-10-19)18-20-11-7-4-8-12-20/h3-16H,17-18H2,1-2H3/b16-14+. The SMILES string of the molecule is COC(=O)/C=C/c1ccc(N(Cc2ccccc2)Cc2ccccc2)nc1C(=O)OC. The molecule has 0 fully saturated rings. The number of carbonyl (C=O) groups is 2. The van der Waals surface area contributed by atoms with Crippen molar-refractivity contribution >= 4 is 23.8 Å². The van der Waals surface area contributed by atoms with Crippen molar-refractivity contribution in [3.63, 3.8) is 0 Å². The molecule has 6 heteroatoms. The Labute approximate surface area is 181 Å². The summed E-state index contributed by atoms with van der Waals surface area (Å²) in [6.45, 7) is 1.22. The first-order chi connectivity index (χ1) is 15.1. The fraction of sp³-hybridized carbons (Fsp3) is 0.160. The maximum atomic E-state index is 12.4. The van der Waals surface area contributed by atoms with Crippen molar-refractivity contribution in [2.75, 3.05) is 19.1 Å². The van der Waals surface area contributed by atoms with Crippen LogP contribution in [-0.4, -0.2) is 31.1 Å². The second kappa shape index (κ2) is 10.7. The van der Waals surface area contributed by atoms with Crippen LogP contribution in [0.4, 0.5) is 5.82 Å². The van der Waals surface area contributed by atoms with Crippen molar-refractivity contribution in [1.29, 1.82) is 0 Å². The summed E-state index contributed by atoms with van der Waals surface area (Å²) in [5.41, 5.74) is 2.84. The number of anilines is 1. The van der Waals surface area contributed by atoms with E-state index in [9.17, 15) is 9.59 Å². The number of carbonyl (C=O) groups excluding carboxylic acids is 2. The molecule has 0 N–H and O–H groups in total. The van der Waals surface area contributed by atoms with Gasteiger partial charge in [-0.05, 0) is 29.3 Å². The Morgan fingerprint density at radius 2 is 1.42 bits per heavy atom. The maximum Gasteiger partial charge on any atom is 0.357 e. The van der Waals surface area contributed by atoms with Crippen molar-refractivity contribution in [3.05, 3.63) is 101 Å². The van der Waals surface area contributed by atoms with Gasteiger partial charge in [-0.3, -0.25) is 0 Å². The molecule has 0 radical (unpaired) electrons. The van der Waals surface area contributed by atoms with E-state index in [1.165, 1.54) is 26.4 Å². The van der Waals surface area contributed by atoms with Crippen LogP contribution in [0.25, 0.3) is 6.08 Å². The van der Waals surface area contributed by atoms with Crippen molar-refractivity contribution in [3.8, 4) is 0 Å². The van der Waals surface area contributed by atoms with Crippen LogP contribution in [0.1, 0.15) is 27.2 Å². The Bertz CT molecular complexity index is 1010. The Kier molecular flexibility index (Phi) is 7.54. The van der Waals surface area contributed by atoms with Crippen LogP contribution in [-0.2, 0) is 27.4 Å². The number of hydrogen-bond donors (Lipinski definition) is 0. The molecule has 1 aromatic heterocycles. The van der Waals surface area contributed by atoms with Gasteiger partial charge in [0.2, 0.25) is 0 Å². The van der Waals surface area contributed by atoms with E-state index in [4.69, 9.17) is 4.74 Å². The molecule has 0 unspecified atom stereocenters. The lowest BCUT2D eigenvalue weighted by Crippen LogP contribution is -2.24. The second-order valence-electron chi connectivity index (χ2n) is 6.78. The van der Waals surface area contributed by atoms with Crippen molar-refractivity contribution in [1.82, 2.24) is 4.98 Å². The number of benzene rings is 2. The lowest BCUT2D eigenvalue weighted by molar-refractivity contribution is -0.134. The molecule has 0 spiro atoms. The highest BCUT2D eigenvalue weighted by Crippen LogP contribution is 2.22. The average Bonchev–Trinajstić information content (AvgIpc) is 2.82. The number of esters is 2. The fourth-order valence-electron chi connectivity index (χ4n) is 3.08. The largest absolute Gasteiger partial charge is 0.466 e. The van der Waals surface area contributed by atoms with E-state index in [-0.39, 0.29) is 5.69 Å². The van der Waals surface area contributed by atoms with Gasteiger partial charge in [0.1, 0.15) is 5.82 Å². The maximum absolute atomic E-state index is 12.4. The predicted molar refractivity (Wildman–Crippen MR) is 119 cm³/mol. The summed E-state index contributed by atoms with van der Waals surface area (Å²) in [5, 5.41) is 0. The summed E-state index contributed by atoms with van der Waals surface area (Å²) in [7, 11) is 2.59. The molecule has 0 bridgehead atoms. The quantitative estimate of drug-likeness (QED) is 0.404. The minimum Gasteiger partial charge on any atom is -0.466 e. The van der Waals surface area contributed by atoms with Gasteiger partial charge in [0.15, 0.2) is 5.69 Å². The molecule has 0 aliphatic rings. The van der Waals surface area contributed by atoms with E-state index in [0.29, 0.717) is 24.5 Å². The third kappa shape index (κ3) is 6.02. The highest BCUT2D eigenvalue weighted by Gasteiger charge is 2.17. The summed E-state index contributed by atoms with van der Waals surface area (Å²) in [5.74, 6) is -0.469. The summed E-state index contributed by atoms with van der Waals surface area (Å²) < 4.78 is 9.53. The number of hydrogen-bond acceptors (Lipinski definition) is 6. The Hall–Kier alpha value is -3.93. The summed E-state index contributed by atoms with van der Waals surface area (Å²) in [4.78, 5) is 30.5. The highest BCUT2D eigenvalue weighted by molar-refractivity contribution is 5.94. The number of rotatable bonds is 8. The Morgan fingerprint density at radius 3 is 1.94 bits per heavy atom. The number of nitrogens with zero attached hydrogens (tertiary/aromatic N) is 2. The van der Waals surface area contributed by atoms with Crippen LogP contribution >= 0.6 is 0 Å². The van der Waals surface area contributed by atoms with Gasteiger partial charge < -0.3 is 14.4 Å². The number of aromatic nitrogens is 1. The molecule has 6 nitrogen and oxygen atoms in total. The predicted octanol–water partition coefficient (Wildman–Crippen LogP) is 4.26. The fourth-order valence-corrected chi connectivity index (χ4v) is 3.08. The van der Waals surface area contributed by atoms with E-state index in [1.807, 2.05) is 66.7 Å². The van der Waals surface area contributed by atoms with Gasteiger partial charge in [0, 0.05) is 24.7 Å². The highest BCUT2D eigenvalue weighted by atomic mass is 16.5. The monoisotopic (exact) mass is 416 g/mol. The lowest BCUT2D eigenvalue weighted by Gasteiger charge is -2.25. The number of ether oxygens (including phenoxy) is 2. The Morgan fingerprint density at radius 1 is 0.839 bits per heavy atom. The molecule has 158 valence electrons. The van der Waals surface area contributed by atoms with Crippen LogP contribution in [0.5, 0.6) is 0 Å². The molecule has 0 aliphatic carbocycles. The third-order valence-electron chi connectivity index (χ3n) is 4.65. The summed E-state index contributed by atoms with van der Waals surface area (Å²) >= 11 is 0. The number of methoxy groups -OCH3 is 2. The van der Waals surface area contributed by atoms with Crippen LogP contribution in [0, 0.1) is 0 Å². The smallest absolute Gasteiger partial charge is 0.357 e. The van der Waals surface area contributed by atoms with E-state index in [1.54, 1.807) is 6.07 Å². The minimum atomic E-state index is -0.578. The van der Waals surface area contributed by atoms with Crippen LogP contribution < -0.4 is 4.90 Å². The van der Waals surface area contributed by atoms with Crippen molar-refractivity contribution in [2.24, 2.45) is 0 Å². The molecule has 0 saturated carbocycles. The van der Waals surface area contributed by atoms with E-state index in [2.05, 4.69) is 14.6 Å². The van der Waals surface area contributed by atoms with Gasteiger partial charge in [-0.1, -0.05) is 60.7 Å². The topological polar surface area (TPSA) is 68.7 Å². The zero-order valence-corrected chi connectivity index (χ0v) is 17.5. The summed E-state index contributed by atoms with van der Waals surface area (Å²) in [6.07, 6.45) is 2.74. The molecular formula is C25H24N2O4. The molecule has 3 aromatic rings. The van der Waals surface area contributed by atoms with Gasteiger partial charge in [-0.2, -0.15) is 0 Å². The van der Waals surface area contributed by atoms with Gasteiger partial charge >= 0.3 is 11.9 Å².